The number of hydrogen-bond acceptors (Lipinski definition) is 10. The van der Waals surface area contributed by atoms with Gasteiger partial charge in [0.15, 0.2) is 5.82 Å². The summed E-state index contributed by atoms with van der Waals surface area (Å²) in [6.07, 6.45) is -0.863. The first-order valence-corrected chi connectivity index (χ1v) is 11.0. The normalized spacial score (nSPS) is 15.1. The molecule has 0 bridgehead atoms. The molecule has 16 heteroatoms. The minimum absolute atomic E-state index is 0.00841. The van der Waals surface area contributed by atoms with Gasteiger partial charge in [-0.05, 0) is 18.6 Å². The molecule has 0 aliphatic carbocycles. The molecule has 0 aromatic carbocycles. The maximum Gasteiger partial charge on any atom is 0.326 e. The van der Waals surface area contributed by atoms with E-state index in [-0.39, 0.29) is 42.3 Å². The number of anilines is 4. The first-order chi connectivity index (χ1) is 17.5. The van der Waals surface area contributed by atoms with E-state index in [9.17, 15) is 28.4 Å². The van der Waals surface area contributed by atoms with Crippen molar-refractivity contribution in [2.45, 2.75) is 31.8 Å². The number of nitrogens with one attached hydrogen (secondary N) is 5. The van der Waals surface area contributed by atoms with E-state index in [1.807, 2.05) is 0 Å². The molecule has 0 spiro atoms. The number of carbonyl (C=O) groups is 4. The Balaban J connectivity index is 1.64. The molecule has 2 amide bonds. The Morgan fingerprint density at radius 2 is 1.97 bits per heavy atom. The summed E-state index contributed by atoms with van der Waals surface area (Å²) >= 11 is 0. The third-order valence-electron chi connectivity index (χ3n) is 5.46. The number of carboxylic acids is 2. The third-order valence-corrected chi connectivity index (χ3v) is 5.46. The van der Waals surface area contributed by atoms with Crippen molar-refractivity contribution in [1.82, 2.24) is 20.3 Å². The number of halogens is 1. The average Bonchev–Trinajstić information content (AvgIpc) is 2.80. The molecular formula is C21H25FN8O7. The van der Waals surface area contributed by atoms with Gasteiger partial charge in [-0.1, -0.05) is 0 Å². The number of hydrogen-bond donors (Lipinski definition) is 7. The molecule has 1 aliphatic heterocycles. The molecule has 37 heavy (non-hydrogen) atoms. The molecule has 1 aliphatic rings. The van der Waals surface area contributed by atoms with Crippen LogP contribution in [0.15, 0.2) is 16.9 Å². The van der Waals surface area contributed by atoms with Crippen LogP contribution < -0.4 is 31.7 Å². The van der Waals surface area contributed by atoms with E-state index >= 15 is 0 Å². The first-order valence-electron chi connectivity index (χ1n) is 11.0. The summed E-state index contributed by atoms with van der Waals surface area (Å²) in [6, 6.07) is 0.640. The van der Waals surface area contributed by atoms with E-state index in [0.29, 0.717) is 6.54 Å². The Labute approximate surface area is 208 Å². The van der Waals surface area contributed by atoms with Gasteiger partial charge in [-0.3, -0.25) is 29.5 Å². The second kappa shape index (κ2) is 11.3. The number of H-pyrrole nitrogens is 1. The number of aromatic nitrogens is 3. The van der Waals surface area contributed by atoms with Crippen molar-refractivity contribution in [2.75, 3.05) is 41.0 Å². The van der Waals surface area contributed by atoms with Crippen molar-refractivity contribution in [3.63, 3.8) is 0 Å². The molecule has 0 saturated carbocycles. The van der Waals surface area contributed by atoms with Crippen molar-refractivity contribution >= 4 is 47.0 Å². The Hall–Kier alpha value is -4.76. The lowest BCUT2D eigenvalue weighted by Crippen LogP contribution is -2.48. The van der Waals surface area contributed by atoms with Crippen LogP contribution >= 0.6 is 0 Å². The fourth-order valence-electron chi connectivity index (χ4n) is 3.57. The third kappa shape index (κ3) is 6.68. The van der Waals surface area contributed by atoms with Crippen LogP contribution in [0.3, 0.4) is 0 Å². The summed E-state index contributed by atoms with van der Waals surface area (Å²) in [4.78, 5) is 70.0. The monoisotopic (exact) mass is 520 g/mol. The highest BCUT2D eigenvalue weighted by molar-refractivity contribution is 5.96. The molecular weight excluding hydrogens is 495 g/mol. The lowest BCUT2D eigenvalue weighted by Gasteiger charge is -2.35. The van der Waals surface area contributed by atoms with E-state index in [2.05, 4.69) is 36.2 Å². The van der Waals surface area contributed by atoms with Crippen LogP contribution in [-0.4, -0.2) is 81.1 Å². The molecule has 2 aromatic heterocycles. The number of fused-ring (bicyclic) bond motifs is 1. The molecule has 0 fully saturated rings. The standard InChI is InChI=1S/C21H25FN8O7/c1-9(31)25-21-28-17-15(19(35)29-21)30(2)10(8-24-17)7-23-13-5-3-11(16(22)27-13)18(34)26-12(20(36)37)4-6-14(32)33/h3,5,10,12H,4,6-8H2,1-2H3,(H,23,27)(H,26,34)(H,32,33)(H,36,37)(H3,24,25,28,29,31,35)/t10?,12-/m0/s1. The summed E-state index contributed by atoms with van der Waals surface area (Å²) in [5.74, 6) is -4.90. The molecule has 0 radical (unpaired) electrons. The number of amides is 2. The molecule has 0 saturated heterocycles. The minimum Gasteiger partial charge on any atom is -0.481 e. The van der Waals surface area contributed by atoms with E-state index in [4.69, 9.17) is 10.2 Å². The van der Waals surface area contributed by atoms with Crippen molar-refractivity contribution in [1.29, 1.82) is 0 Å². The van der Waals surface area contributed by atoms with E-state index < -0.39 is 53.3 Å². The molecule has 198 valence electrons. The second-order valence-corrected chi connectivity index (χ2v) is 8.15. The molecule has 15 nitrogen and oxygen atoms in total. The lowest BCUT2D eigenvalue weighted by atomic mass is 10.1. The van der Waals surface area contributed by atoms with Gasteiger partial charge < -0.3 is 31.1 Å². The van der Waals surface area contributed by atoms with Gasteiger partial charge >= 0.3 is 11.9 Å². The summed E-state index contributed by atoms with van der Waals surface area (Å²) in [5.41, 5.74) is -0.740. The first kappa shape index (κ1) is 26.8. The van der Waals surface area contributed by atoms with Gasteiger partial charge in [0, 0.05) is 33.5 Å². The van der Waals surface area contributed by atoms with Gasteiger partial charge in [0.05, 0.1) is 11.6 Å². The quantitative estimate of drug-likeness (QED) is 0.200. The predicted octanol–water partition coefficient (Wildman–Crippen LogP) is -0.347. The fourth-order valence-corrected chi connectivity index (χ4v) is 3.57. The Morgan fingerprint density at radius 3 is 2.59 bits per heavy atom. The molecule has 3 heterocycles. The van der Waals surface area contributed by atoms with Crippen LogP contribution in [0.1, 0.15) is 30.1 Å². The topological polar surface area (TPSA) is 219 Å². The Kier molecular flexibility index (Phi) is 8.21. The van der Waals surface area contributed by atoms with Gasteiger partial charge in [0.25, 0.3) is 11.5 Å². The van der Waals surface area contributed by atoms with E-state index in [1.54, 1.807) is 11.9 Å². The zero-order valence-corrected chi connectivity index (χ0v) is 19.8. The predicted molar refractivity (Wildman–Crippen MR) is 128 cm³/mol. The number of likely N-dealkylation sites (N-methyl/N-ethyl adjacent to an activating group) is 1. The SMILES string of the molecule is CC(=O)Nc1nc2c(c(=O)[nH]1)N(C)C(CNc1ccc(C(=O)N[C@@H](CCC(=O)O)C(=O)O)c(F)n1)CN2. The number of pyridine rings is 1. The highest BCUT2D eigenvalue weighted by Gasteiger charge is 2.28. The van der Waals surface area contributed by atoms with Crippen molar-refractivity contribution in [3.05, 3.63) is 34.0 Å². The van der Waals surface area contributed by atoms with E-state index in [0.717, 1.165) is 6.07 Å². The number of rotatable bonds is 10. The zero-order valence-electron chi connectivity index (χ0n) is 19.8. The van der Waals surface area contributed by atoms with Gasteiger partial charge in [0.1, 0.15) is 17.5 Å². The van der Waals surface area contributed by atoms with Gasteiger partial charge in [0.2, 0.25) is 17.8 Å². The largest absolute Gasteiger partial charge is 0.481 e. The lowest BCUT2D eigenvalue weighted by molar-refractivity contribution is -0.140. The summed E-state index contributed by atoms with van der Waals surface area (Å²) in [6.45, 7) is 1.85. The minimum atomic E-state index is -1.51. The summed E-state index contributed by atoms with van der Waals surface area (Å²) in [7, 11) is 1.67. The number of carboxylic acid groups (broad SMARTS) is 2. The smallest absolute Gasteiger partial charge is 0.326 e. The van der Waals surface area contributed by atoms with Gasteiger partial charge in [-0.2, -0.15) is 9.37 Å². The molecule has 3 rings (SSSR count). The molecule has 2 aromatic rings. The Morgan fingerprint density at radius 1 is 1.24 bits per heavy atom. The van der Waals surface area contributed by atoms with Crippen LogP contribution in [0.4, 0.5) is 27.7 Å². The number of nitrogens with zero attached hydrogens (tertiary/aromatic N) is 3. The molecule has 7 N–H and O–H groups in total. The van der Waals surface area contributed by atoms with Crippen LogP contribution in [0.2, 0.25) is 0 Å². The highest BCUT2D eigenvalue weighted by atomic mass is 19.1. The fraction of sp³-hybridized carbons (Fsp3) is 0.381. The maximum absolute atomic E-state index is 14.5. The summed E-state index contributed by atoms with van der Waals surface area (Å²) < 4.78 is 14.5. The number of aliphatic carboxylic acids is 2. The van der Waals surface area contributed by atoms with Gasteiger partial charge in [-0.25, -0.2) is 9.78 Å². The van der Waals surface area contributed by atoms with Gasteiger partial charge in [-0.15, -0.1) is 0 Å². The average molecular weight is 520 g/mol. The molecule has 1 unspecified atom stereocenters. The Bertz CT molecular complexity index is 1280. The van der Waals surface area contributed by atoms with E-state index in [1.165, 1.54) is 13.0 Å². The maximum atomic E-state index is 14.5. The van der Waals surface area contributed by atoms with Crippen LogP contribution in [-0.2, 0) is 14.4 Å². The van der Waals surface area contributed by atoms with Crippen LogP contribution in [0.25, 0.3) is 0 Å². The van der Waals surface area contributed by atoms with Crippen molar-refractivity contribution < 1.29 is 33.8 Å². The molecule has 2 atom stereocenters. The number of aromatic amines is 1. The van der Waals surface area contributed by atoms with Crippen molar-refractivity contribution in [3.8, 4) is 0 Å². The number of carbonyl (C=O) groups excluding carboxylic acids is 2. The highest BCUT2D eigenvalue weighted by Crippen LogP contribution is 2.25. The zero-order chi connectivity index (χ0) is 27.3. The van der Waals surface area contributed by atoms with Crippen LogP contribution in [0.5, 0.6) is 0 Å². The second-order valence-electron chi connectivity index (χ2n) is 8.15. The van der Waals surface area contributed by atoms with Crippen LogP contribution in [0, 0.1) is 5.95 Å². The summed E-state index contributed by atoms with van der Waals surface area (Å²) in [5, 5.41) is 28.3. The van der Waals surface area contributed by atoms with Crippen molar-refractivity contribution in [2.24, 2.45) is 0 Å².